The summed E-state index contributed by atoms with van der Waals surface area (Å²) < 4.78 is 56.4. The van der Waals surface area contributed by atoms with E-state index in [-0.39, 0.29) is 22.4 Å². The number of cyclic esters (lactones) is 1. The highest BCUT2D eigenvalue weighted by molar-refractivity contribution is 5.92. The van der Waals surface area contributed by atoms with E-state index in [1.165, 1.54) is 80.7 Å². The molecule has 19 nitrogen and oxygen atoms in total. The Hall–Kier alpha value is -6.73. The number of aliphatic hydroxyl groups is 1. The van der Waals surface area contributed by atoms with Crippen LogP contribution in [0.15, 0.2) is 79.0 Å². The maximum absolute atomic E-state index is 14.7. The first-order chi connectivity index (χ1) is 31.1. The monoisotopic (exact) mass is 915 g/mol. The summed E-state index contributed by atoms with van der Waals surface area (Å²) in [5, 5.41) is 13.8. The van der Waals surface area contributed by atoms with E-state index < -0.39 is 131 Å². The molecule has 1 aromatic heterocycles. The van der Waals surface area contributed by atoms with Crippen molar-refractivity contribution in [3.05, 3.63) is 101 Å². The minimum absolute atomic E-state index is 0.0632. The Morgan fingerprint density at radius 1 is 0.667 bits per heavy atom. The van der Waals surface area contributed by atoms with Crippen LogP contribution in [0.4, 0.5) is 0 Å². The van der Waals surface area contributed by atoms with Crippen molar-refractivity contribution in [2.75, 3.05) is 6.61 Å². The Balaban J connectivity index is 1.65. The molecular formula is C47H49NO18. The fourth-order valence-corrected chi connectivity index (χ4v) is 10.1. The number of carbonyl (C=O) groups excluding carboxylic acids is 8. The van der Waals surface area contributed by atoms with Crippen LogP contribution in [0.3, 0.4) is 0 Å². The fraction of sp³-hybridized carbons (Fsp3) is 0.468. The lowest BCUT2D eigenvalue weighted by Gasteiger charge is -2.66. The van der Waals surface area contributed by atoms with Crippen LogP contribution in [0.1, 0.15) is 98.1 Å². The number of aromatic nitrogens is 1. The number of benzene rings is 2. The second kappa shape index (κ2) is 17.6. The molecule has 4 bridgehead atoms. The van der Waals surface area contributed by atoms with Gasteiger partial charge in [-0.05, 0) is 50.2 Å². The molecule has 0 amide bonds. The van der Waals surface area contributed by atoms with Gasteiger partial charge in [-0.3, -0.25) is 29.0 Å². The highest BCUT2D eigenvalue weighted by atomic mass is 16.7. The van der Waals surface area contributed by atoms with Gasteiger partial charge in [-0.1, -0.05) is 50.2 Å². The van der Waals surface area contributed by atoms with Crippen LogP contribution in [-0.2, 0) is 66.6 Å². The zero-order valence-electron chi connectivity index (χ0n) is 37.2. The molecule has 66 heavy (non-hydrogen) atoms. The van der Waals surface area contributed by atoms with Crippen LogP contribution in [0.2, 0.25) is 0 Å². The molecule has 4 aliphatic rings. The predicted octanol–water partition coefficient (Wildman–Crippen LogP) is 3.37. The third kappa shape index (κ3) is 7.72. The lowest BCUT2D eigenvalue weighted by atomic mass is 9.49. The summed E-state index contributed by atoms with van der Waals surface area (Å²) in [7, 11) is 0. The molecule has 7 rings (SSSR count). The van der Waals surface area contributed by atoms with Gasteiger partial charge in [0.25, 0.3) is 0 Å². The number of pyridine rings is 1. The largest absolute Gasteiger partial charge is 0.459 e. The maximum atomic E-state index is 14.7. The third-order valence-electron chi connectivity index (χ3n) is 12.8. The van der Waals surface area contributed by atoms with E-state index in [1.807, 2.05) is 0 Å². The number of carbonyl (C=O) groups is 8. The molecule has 2 aliphatic heterocycles. The standard InChI is InChI=1S/C47H49NO18/c1-23-24(2)40(53)63-37-35(60-26(4)50)39(64-42(55)30-18-13-10-14-19-30)46(65-28(6)52)38(61-27(5)51)34(59-25(3)49)32-36(62-41(54)29-16-11-9-12-17-29)47(46,45(37,8)57)66-44(32,7)22-58-43(56)31-20-15-21-48-33(23)31/h9-21,23-24,32,34-39,57H,22H2,1-8H3/t23-,24-,32+,34+,35-,36+,37-,38-,39-,44+,45+,46-,47-/m0/s1. The van der Waals surface area contributed by atoms with E-state index >= 15 is 0 Å². The Morgan fingerprint density at radius 2 is 1.20 bits per heavy atom. The van der Waals surface area contributed by atoms with Gasteiger partial charge in [0, 0.05) is 39.8 Å². The van der Waals surface area contributed by atoms with Crippen molar-refractivity contribution in [2.24, 2.45) is 11.8 Å². The minimum atomic E-state index is -3.14. The summed E-state index contributed by atoms with van der Waals surface area (Å²) in [6.07, 6.45) is -11.8. The second-order valence-electron chi connectivity index (χ2n) is 17.2. The molecule has 3 heterocycles. The van der Waals surface area contributed by atoms with E-state index in [0.29, 0.717) is 0 Å². The molecule has 350 valence electrons. The lowest BCUT2D eigenvalue weighted by Crippen LogP contribution is -2.92. The molecule has 1 N–H and O–H groups in total. The minimum Gasteiger partial charge on any atom is -0.459 e. The number of esters is 8. The summed E-state index contributed by atoms with van der Waals surface area (Å²) in [6, 6.07) is 17.6. The Labute approximate surface area is 378 Å². The van der Waals surface area contributed by atoms with E-state index in [9.17, 15) is 43.5 Å². The molecule has 0 radical (unpaired) electrons. The summed E-state index contributed by atoms with van der Waals surface area (Å²) in [4.78, 5) is 117. The van der Waals surface area contributed by atoms with E-state index in [0.717, 1.165) is 34.6 Å². The molecular weight excluding hydrogens is 867 g/mol. The van der Waals surface area contributed by atoms with E-state index in [1.54, 1.807) is 19.1 Å². The number of nitrogens with zero attached hydrogens (tertiary/aromatic N) is 1. The van der Waals surface area contributed by atoms with Gasteiger partial charge in [-0.25, -0.2) is 14.4 Å². The molecule has 0 unspecified atom stereocenters. The third-order valence-corrected chi connectivity index (χ3v) is 12.8. The van der Waals surface area contributed by atoms with Crippen LogP contribution in [0.5, 0.6) is 0 Å². The lowest BCUT2D eigenvalue weighted by molar-refractivity contribution is -0.395. The van der Waals surface area contributed by atoms with Crippen molar-refractivity contribution in [3.63, 3.8) is 0 Å². The molecule has 2 aromatic carbocycles. The normalized spacial score (nSPS) is 34.5. The van der Waals surface area contributed by atoms with E-state index in [4.69, 9.17) is 42.6 Å². The first-order valence-electron chi connectivity index (χ1n) is 21.1. The van der Waals surface area contributed by atoms with Gasteiger partial charge in [-0.15, -0.1) is 0 Å². The van der Waals surface area contributed by atoms with Crippen molar-refractivity contribution in [1.82, 2.24) is 4.98 Å². The first-order valence-corrected chi connectivity index (χ1v) is 21.1. The zero-order chi connectivity index (χ0) is 48.1. The summed E-state index contributed by atoms with van der Waals surface area (Å²) >= 11 is 0. The molecule has 1 saturated heterocycles. The topological polar surface area (TPSA) is 253 Å². The average molecular weight is 916 g/mol. The van der Waals surface area contributed by atoms with Gasteiger partial charge in [0.1, 0.15) is 23.9 Å². The van der Waals surface area contributed by atoms with Crippen molar-refractivity contribution in [1.29, 1.82) is 0 Å². The van der Waals surface area contributed by atoms with Gasteiger partial charge in [0.05, 0.1) is 34.2 Å². The zero-order valence-corrected chi connectivity index (χ0v) is 37.2. The summed E-state index contributed by atoms with van der Waals surface area (Å²) in [6.45, 7) is 8.40. The molecule has 19 heteroatoms. The number of hydrogen-bond donors (Lipinski definition) is 1. The van der Waals surface area contributed by atoms with Crippen molar-refractivity contribution in [2.45, 2.75) is 120 Å². The second-order valence-corrected chi connectivity index (χ2v) is 17.2. The Bertz CT molecular complexity index is 2440. The molecule has 3 fully saturated rings. The van der Waals surface area contributed by atoms with Crippen molar-refractivity contribution >= 4 is 47.8 Å². The number of rotatable bonds is 8. The van der Waals surface area contributed by atoms with Crippen molar-refractivity contribution < 1.29 is 86.1 Å². The van der Waals surface area contributed by atoms with Crippen molar-refractivity contribution in [3.8, 4) is 0 Å². The fourth-order valence-electron chi connectivity index (χ4n) is 10.1. The maximum Gasteiger partial charge on any atom is 0.340 e. The Kier molecular flexibility index (Phi) is 12.6. The van der Waals surface area contributed by atoms with Crippen LogP contribution in [-0.4, -0.2) is 123 Å². The number of fused-ring (bicyclic) bond motifs is 5. The highest BCUT2D eigenvalue weighted by Gasteiger charge is 2.93. The smallest absolute Gasteiger partial charge is 0.340 e. The van der Waals surface area contributed by atoms with Gasteiger partial charge in [0.15, 0.2) is 36.1 Å². The van der Waals surface area contributed by atoms with Crippen LogP contribution in [0.25, 0.3) is 0 Å². The molecule has 2 saturated carbocycles. The quantitative estimate of drug-likeness (QED) is 0.251. The van der Waals surface area contributed by atoms with Gasteiger partial charge in [0.2, 0.25) is 5.60 Å². The van der Waals surface area contributed by atoms with Gasteiger partial charge < -0.3 is 47.7 Å². The Morgan fingerprint density at radius 3 is 1.74 bits per heavy atom. The molecule has 2 aliphatic carbocycles. The van der Waals surface area contributed by atoms with Gasteiger partial charge in [-0.2, -0.15) is 0 Å². The first kappa shape index (κ1) is 47.2. The summed E-state index contributed by atoms with van der Waals surface area (Å²) in [5.41, 5.74) is -11.5. The van der Waals surface area contributed by atoms with Crippen LogP contribution < -0.4 is 0 Å². The molecule has 13 atom stereocenters. The van der Waals surface area contributed by atoms with Crippen LogP contribution in [0, 0.1) is 11.8 Å². The molecule has 1 spiro atoms. The number of hydrogen-bond acceptors (Lipinski definition) is 19. The van der Waals surface area contributed by atoms with Gasteiger partial charge >= 0.3 is 47.8 Å². The number of ether oxygens (including phenoxy) is 9. The summed E-state index contributed by atoms with van der Waals surface area (Å²) in [5.74, 6) is -12.7. The van der Waals surface area contributed by atoms with Crippen LogP contribution >= 0.6 is 0 Å². The highest BCUT2D eigenvalue weighted by Crippen LogP contribution is 2.68. The van der Waals surface area contributed by atoms with E-state index in [2.05, 4.69) is 4.98 Å². The molecule has 3 aromatic rings. The average Bonchev–Trinajstić information content (AvgIpc) is 3.50. The predicted molar refractivity (Wildman–Crippen MR) is 221 cm³/mol. The SMILES string of the molecule is CC(=O)O[C@@H]1[C@@H]2[C@@H](OC(=O)c3ccccc3)[C@@]34O[C@]2(C)COC(=O)c2cccnc2[C@@H](C)[C@H](C)C(=O)O[C@@H]([C@H](OC(C)=O)[C@H](OC(=O)c2ccccc2)[C@@]3(OC(C)=O)[C@H]1OC(C)=O)[C@@]4(C)O.